The van der Waals surface area contributed by atoms with Crippen LogP contribution in [0, 0.1) is 19.7 Å². The molecule has 3 rings (SSSR count). The van der Waals surface area contributed by atoms with Gasteiger partial charge in [0.05, 0.1) is 6.54 Å². The molecule has 1 heterocycles. The highest BCUT2D eigenvalue weighted by Gasteiger charge is 2.51. The molecular weight excluding hydrogens is 347 g/mol. The van der Waals surface area contributed by atoms with Crippen molar-refractivity contribution in [1.29, 1.82) is 0 Å². The van der Waals surface area contributed by atoms with Crippen LogP contribution in [-0.2, 0) is 10.3 Å². The minimum atomic E-state index is -1.28. The van der Waals surface area contributed by atoms with E-state index in [-0.39, 0.29) is 18.7 Å². The number of amides is 3. The van der Waals surface area contributed by atoms with Crippen LogP contribution in [-0.4, -0.2) is 29.2 Å². The zero-order valence-electron chi connectivity index (χ0n) is 15.5. The molecule has 1 saturated heterocycles. The molecule has 1 aliphatic rings. The van der Waals surface area contributed by atoms with Crippen LogP contribution in [0.2, 0.25) is 0 Å². The number of hydrogen-bond acceptors (Lipinski definition) is 3. The third-order valence-electron chi connectivity index (χ3n) is 5.03. The number of hydrogen-bond donors (Lipinski definition) is 1. The quantitative estimate of drug-likeness (QED) is 0.649. The maximum atomic E-state index is 13.3. The fraction of sp³-hybridized carbons (Fsp3) is 0.286. The lowest BCUT2D eigenvalue weighted by Crippen LogP contribution is -2.43. The molecule has 0 aliphatic carbocycles. The molecular formula is C21H21FN2O3. The van der Waals surface area contributed by atoms with Gasteiger partial charge in [-0.3, -0.25) is 14.5 Å². The van der Waals surface area contributed by atoms with Gasteiger partial charge in [-0.1, -0.05) is 42.8 Å². The van der Waals surface area contributed by atoms with Crippen LogP contribution in [0.15, 0.2) is 42.5 Å². The molecule has 27 heavy (non-hydrogen) atoms. The van der Waals surface area contributed by atoms with Gasteiger partial charge in [0.15, 0.2) is 5.78 Å². The maximum Gasteiger partial charge on any atom is 0.325 e. The molecule has 2 aromatic rings. The van der Waals surface area contributed by atoms with E-state index in [9.17, 15) is 18.8 Å². The van der Waals surface area contributed by atoms with Crippen LogP contribution in [0.3, 0.4) is 0 Å². The van der Waals surface area contributed by atoms with Gasteiger partial charge in [-0.15, -0.1) is 0 Å². The summed E-state index contributed by atoms with van der Waals surface area (Å²) in [6.45, 7) is 5.17. The number of urea groups is 1. The number of halogens is 1. The average molecular weight is 368 g/mol. The molecule has 2 aromatic carbocycles. The smallest absolute Gasteiger partial charge is 0.319 e. The van der Waals surface area contributed by atoms with Crippen LogP contribution in [0.5, 0.6) is 0 Å². The Hall–Kier alpha value is -3.02. The van der Waals surface area contributed by atoms with Gasteiger partial charge in [0.25, 0.3) is 5.91 Å². The maximum absolute atomic E-state index is 13.3. The highest BCUT2D eigenvalue weighted by atomic mass is 19.1. The monoisotopic (exact) mass is 368 g/mol. The largest absolute Gasteiger partial charge is 0.325 e. The molecule has 1 fully saturated rings. The minimum absolute atomic E-state index is 0.289. The average Bonchev–Trinajstić information content (AvgIpc) is 2.87. The molecule has 6 heteroatoms. The number of aryl methyl sites for hydroxylation is 2. The van der Waals surface area contributed by atoms with Gasteiger partial charge in [0.2, 0.25) is 0 Å². The fourth-order valence-electron chi connectivity index (χ4n) is 3.50. The Bertz CT molecular complexity index is 924. The summed E-state index contributed by atoms with van der Waals surface area (Å²) in [5, 5.41) is 2.70. The van der Waals surface area contributed by atoms with E-state index in [1.54, 1.807) is 13.0 Å². The van der Waals surface area contributed by atoms with Gasteiger partial charge < -0.3 is 5.32 Å². The van der Waals surface area contributed by atoms with E-state index in [1.165, 1.54) is 24.3 Å². The molecule has 0 radical (unpaired) electrons. The van der Waals surface area contributed by atoms with E-state index >= 15 is 0 Å². The van der Waals surface area contributed by atoms with Crippen molar-refractivity contribution in [2.75, 3.05) is 6.54 Å². The van der Waals surface area contributed by atoms with Crippen LogP contribution in [0.1, 0.15) is 40.4 Å². The lowest BCUT2D eigenvalue weighted by Gasteiger charge is -2.25. The van der Waals surface area contributed by atoms with E-state index < -0.39 is 23.3 Å². The minimum Gasteiger partial charge on any atom is -0.319 e. The summed E-state index contributed by atoms with van der Waals surface area (Å²) in [4.78, 5) is 39.1. The molecule has 1 N–H and O–H groups in total. The molecule has 0 bridgehead atoms. The lowest BCUT2D eigenvalue weighted by atomic mass is 9.87. The number of Topliss-reactive ketones (excluding diaryl/α,β-unsaturated/α-hetero) is 1. The summed E-state index contributed by atoms with van der Waals surface area (Å²) in [5.41, 5.74) is 1.52. The standard InChI is InChI=1S/C21H21FN2O3/c1-4-21(15-6-8-16(22)9-7-15)19(26)24(20(27)23-21)12-18(25)17-10-5-13(2)11-14(17)3/h5-11H,4,12H2,1-3H3,(H,23,27). The van der Waals surface area contributed by atoms with Crippen LogP contribution >= 0.6 is 0 Å². The molecule has 0 saturated carbocycles. The highest BCUT2D eigenvalue weighted by molar-refractivity contribution is 6.11. The van der Waals surface area contributed by atoms with Crippen molar-refractivity contribution in [3.8, 4) is 0 Å². The molecule has 1 aliphatic heterocycles. The Morgan fingerprint density at radius 2 is 1.78 bits per heavy atom. The fourth-order valence-corrected chi connectivity index (χ4v) is 3.50. The van der Waals surface area contributed by atoms with Gasteiger partial charge >= 0.3 is 6.03 Å². The first-order valence-electron chi connectivity index (χ1n) is 8.79. The van der Waals surface area contributed by atoms with Crippen molar-refractivity contribution >= 4 is 17.7 Å². The number of ketones is 1. The molecule has 140 valence electrons. The molecule has 0 aromatic heterocycles. The van der Waals surface area contributed by atoms with Gasteiger partial charge in [-0.2, -0.15) is 0 Å². The predicted molar refractivity (Wildman–Crippen MR) is 98.9 cm³/mol. The molecule has 5 nitrogen and oxygen atoms in total. The number of carbonyl (C=O) groups excluding carboxylic acids is 3. The number of nitrogens with zero attached hydrogens (tertiary/aromatic N) is 1. The van der Waals surface area contributed by atoms with Gasteiger partial charge in [0, 0.05) is 5.56 Å². The zero-order chi connectivity index (χ0) is 19.8. The van der Waals surface area contributed by atoms with E-state index in [0.29, 0.717) is 11.1 Å². The summed E-state index contributed by atoms with van der Waals surface area (Å²) in [6, 6.07) is 10.2. The first-order chi connectivity index (χ1) is 12.8. The Labute approximate surface area is 157 Å². The third kappa shape index (κ3) is 3.23. The van der Waals surface area contributed by atoms with Gasteiger partial charge in [-0.05, 0) is 43.5 Å². The Balaban J connectivity index is 1.89. The van der Waals surface area contributed by atoms with Crippen LogP contribution < -0.4 is 5.32 Å². The second-order valence-corrected chi connectivity index (χ2v) is 6.83. The number of rotatable bonds is 5. The van der Waals surface area contributed by atoms with Crippen molar-refractivity contribution in [2.24, 2.45) is 0 Å². The molecule has 1 atom stereocenters. The van der Waals surface area contributed by atoms with Gasteiger partial charge in [-0.25, -0.2) is 9.18 Å². The van der Waals surface area contributed by atoms with E-state index in [0.717, 1.165) is 16.0 Å². The first kappa shape index (κ1) is 18.8. The second-order valence-electron chi connectivity index (χ2n) is 6.83. The van der Waals surface area contributed by atoms with Crippen molar-refractivity contribution in [3.05, 3.63) is 70.5 Å². The predicted octanol–water partition coefficient (Wildman–Crippen LogP) is 3.48. The topological polar surface area (TPSA) is 66.5 Å². The normalized spacial score (nSPS) is 19.3. The van der Waals surface area contributed by atoms with Crippen LogP contribution in [0.4, 0.5) is 9.18 Å². The highest BCUT2D eigenvalue weighted by Crippen LogP contribution is 2.32. The van der Waals surface area contributed by atoms with Crippen molar-refractivity contribution in [3.63, 3.8) is 0 Å². The van der Waals surface area contributed by atoms with Gasteiger partial charge in [0.1, 0.15) is 11.4 Å². The van der Waals surface area contributed by atoms with Crippen molar-refractivity contribution in [2.45, 2.75) is 32.7 Å². The SMILES string of the molecule is CCC1(c2ccc(F)cc2)NC(=O)N(CC(=O)c2ccc(C)cc2C)C1=O. The zero-order valence-corrected chi connectivity index (χ0v) is 15.5. The Morgan fingerprint density at radius 3 is 2.37 bits per heavy atom. The number of carbonyl (C=O) groups is 3. The van der Waals surface area contributed by atoms with E-state index in [2.05, 4.69) is 5.32 Å². The number of benzene rings is 2. The summed E-state index contributed by atoms with van der Waals surface area (Å²) >= 11 is 0. The molecule has 3 amide bonds. The summed E-state index contributed by atoms with van der Waals surface area (Å²) in [5.74, 6) is -1.23. The summed E-state index contributed by atoms with van der Waals surface area (Å²) < 4.78 is 13.3. The van der Waals surface area contributed by atoms with Crippen molar-refractivity contribution < 1.29 is 18.8 Å². The first-order valence-corrected chi connectivity index (χ1v) is 8.79. The third-order valence-corrected chi connectivity index (χ3v) is 5.03. The lowest BCUT2D eigenvalue weighted by molar-refractivity contribution is -0.131. The Morgan fingerprint density at radius 1 is 1.11 bits per heavy atom. The Kier molecular flexibility index (Phi) is 4.83. The second kappa shape index (κ2) is 6.95. The summed E-state index contributed by atoms with van der Waals surface area (Å²) in [7, 11) is 0. The van der Waals surface area contributed by atoms with Crippen LogP contribution in [0.25, 0.3) is 0 Å². The molecule has 0 spiro atoms. The summed E-state index contributed by atoms with van der Waals surface area (Å²) in [6.07, 6.45) is 0.289. The number of imide groups is 1. The van der Waals surface area contributed by atoms with Crippen molar-refractivity contribution in [1.82, 2.24) is 10.2 Å². The molecule has 1 unspecified atom stereocenters. The van der Waals surface area contributed by atoms with E-state index in [1.807, 2.05) is 26.0 Å². The number of nitrogens with one attached hydrogen (secondary N) is 1. The van der Waals surface area contributed by atoms with E-state index in [4.69, 9.17) is 0 Å².